The molecule has 4 nitrogen and oxygen atoms in total. The van der Waals surface area contributed by atoms with Crippen molar-refractivity contribution in [3.05, 3.63) is 0 Å². The van der Waals surface area contributed by atoms with Crippen molar-refractivity contribution in [3.63, 3.8) is 0 Å². The highest BCUT2D eigenvalue weighted by Crippen LogP contribution is 2.22. The summed E-state index contributed by atoms with van der Waals surface area (Å²) in [6.45, 7) is 3.50. The van der Waals surface area contributed by atoms with E-state index in [9.17, 15) is 9.59 Å². The fourth-order valence-electron chi connectivity index (χ4n) is 1.83. The second-order valence-electron chi connectivity index (χ2n) is 3.56. The van der Waals surface area contributed by atoms with Crippen molar-refractivity contribution in [1.29, 1.82) is 0 Å². The molecule has 1 saturated heterocycles. The molecule has 0 aromatic carbocycles. The molecule has 0 aliphatic carbocycles. The average molecular weight is 359 g/mol. The van der Waals surface area contributed by atoms with Crippen molar-refractivity contribution in [1.82, 2.24) is 5.32 Å². The van der Waals surface area contributed by atoms with Gasteiger partial charge in [0, 0.05) is 12.5 Å². The smallest absolute Gasteiger partial charge is 0.309 e. The van der Waals surface area contributed by atoms with Crippen molar-refractivity contribution in [2.75, 3.05) is 25.0 Å². The number of hydrogen-bond acceptors (Lipinski definition) is 4. The SMILES string of the molecule is Br.CCOC(=O)C1CCNCC1C(=O)CBr. The van der Waals surface area contributed by atoms with Gasteiger partial charge in [-0.3, -0.25) is 9.59 Å². The number of ketones is 1. The quantitative estimate of drug-likeness (QED) is 0.608. The van der Waals surface area contributed by atoms with Crippen LogP contribution in [0.4, 0.5) is 0 Å². The van der Waals surface area contributed by atoms with Gasteiger partial charge in [0.25, 0.3) is 0 Å². The molecule has 6 heteroatoms. The first-order valence-electron chi connectivity index (χ1n) is 5.16. The van der Waals surface area contributed by atoms with Crippen LogP contribution < -0.4 is 5.32 Å². The summed E-state index contributed by atoms with van der Waals surface area (Å²) in [6, 6.07) is 0. The summed E-state index contributed by atoms with van der Waals surface area (Å²) < 4.78 is 4.97. The zero-order chi connectivity index (χ0) is 11.3. The Balaban J connectivity index is 0.00000225. The summed E-state index contributed by atoms with van der Waals surface area (Å²) in [5.41, 5.74) is 0. The predicted molar refractivity (Wildman–Crippen MR) is 70.2 cm³/mol. The third-order valence-corrected chi connectivity index (χ3v) is 3.17. The van der Waals surface area contributed by atoms with E-state index in [2.05, 4.69) is 21.2 Å². The third-order valence-electron chi connectivity index (χ3n) is 2.62. The topological polar surface area (TPSA) is 55.4 Å². The molecule has 0 saturated carbocycles. The molecule has 1 aliphatic rings. The summed E-state index contributed by atoms with van der Waals surface area (Å²) in [4.78, 5) is 23.2. The van der Waals surface area contributed by atoms with E-state index in [0.29, 0.717) is 24.9 Å². The van der Waals surface area contributed by atoms with Gasteiger partial charge < -0.3 is 10.1 Å². The van der Waals surface area contributed by atoms with Gasteiger partial charge in [0.05, 0.1) is 17.9 Å². The Morgan fingerprint density at radius 3 is 2.69 bits per heavy atom. The van der Waals surface area contributed by atoms with Gasteiger partial charge in [0.1, 0.15) is 5.78 Å². The van der Waals surface area contributed by atoms with Crippen LogP contribution in [-0.2, 0) is 14.3 Å². The highest BCUT2D eigenvalue weighted by atomic mass is 79.9. The third kappa shape index (κ3) is 4.14. The van der Waals surface area contributed by atoms with Gasteiger partial charge in [-0.25, -0.2) is 0 Å². The molecule has 1 N–H and O–H groups in total. The maximum Gasteiger partial charge on any atom is 0.309 e. The molecule has 0 aromatic rings. The van der Waals surface area contributed by atoms with Crippen LogP contribution in [0.15, 0.2) is 0 Å². The van der Waals surface area contributed by atoms with E-state index in [4.69, 9.17) is 4.74 Å². The molecule has 0 radical (unpaired) electrons. The second-order valence-corrected chi connectivity index (χ2v) is 4.12. The fraction of sp³-hybridized carbons (Fsp3) is 0.800. The molecule has 94 valence electrons. The van der Waals surface area contributed by atoms with Crippen LogP contribution in [0.5, 0.6) is 0 Å². The van der Waals surface area contributed by atoms with Crippen molar-refractivity contribution in [3.8, 4) is 0 Å². The van der Waals surface area contributed by atoms with Gasteiger partial charge in [0.15, 0.2) is 0 Å². The van der Waals surface area contributed by atoms with Gasteiger partial charge in [-0.15, -0.1) is 17.0 Å². The maximum absolute atomic E-state index is 11.6. The van der Waals surface area contributed by atoms with Crippen LogP contribution in [0.3, 0.4) is 0 Å². The first-order chi connectivity index (χ1) is 7.20. The number of Topliss-reactive ketones (excluding diaryl/α,β-unsaturated/α-hetero) is 1. The van der Waals surface area contributed by atoms with E-state index in [0.717, 1.165) is 6.54 Å². The Labute approximate surface area is 114 Å². The standard InChI is InChI=1S/C10H16BrNO3.BrH/c1-2-15-10(14)7-3-4-12-6-8(7)9(13)5-11;/h7-8,12H,2-6H2,1H3;1H. The van der Waals surface area contributed by atoms with E-state index in [1.807, 2.05) is 0 Å². The van der Waals surface area contributed by atoms with Crippen molar-refractivity contribution < 1.29 is 14.3 Å². The lowest BCUT2D eigenvalue weighted by molar-refractivity contribution is -0.153. The molecule has 1 heterocycles. The van der Waals surface area contributed by atoms with Crippen LogP contribution in [0.1, 0.15) is 13.3 Å². The molecule has 1 rings (SSSR count). The van der Waals surface area contributed by atoms with Crippen LogP contribution in [0.25, 0.3) is 0 Å². The number of rotatable bonds is 4. The highest BCUT2D eigenvalue weighted by molar-refractivity contribution is 9.09. The van der Waals surface area contributed by atoms with E-state index in [1.165, 1.54) is 0 Å². The van der Waals surface area contributed by atoms with Crippen molar-refractivity contribution in [2.24, 2.45) is 11.8 Å². The molecule has 0 amide bonds. The van der Waals surface area contributed by atoms with Crippen LogP contribution in [-0.4, -0.2) is 36.8 Å². The number of hydrogen-bond donors (Lipinski definition) is 1. The van der Waals surface area contributed by atoms with Gasteiger partial charge in [-0.1, -0.05) is 15.9 Å². The molecule has 2 unspecified atom stereocenters. The number of nitrogens with one attached hydrogen (secondary N) is 1. The first-order valence-corrected chi connectivity index (χ1v) is 6.28. The molecule has 0 spiro atoms. The molecular formula is C10H17Br2NO3. The molecular weight excluding hydrogens is 342 g/mol. The number of esters is 1. The minimum Gasteiger partial charge on any atom is -0.466 e. The van der Waals surface area contributed by atoms with Crippen molar-refractivity contribution >= 4 is 44.7 Å². The number of alkyl halides is 1. The molecule has 2 atom stereocenters. The van der Waals surface area contributed by atoms with E-state index >= 15 is 0 Å². The van der Waals surface area contributed by atoms with E-state index in [-0.39, 0.29) is 40.6 Å². The fourth-order valence-corrected chi connectivity index (χ4v) is 2.24. The van der Waals surface area contributed by atoms with E-state index in [1.54, 1.807) is 6.92 Å². The molecule has 1 aliphatic heterocycles. The number of carbonyl (C=O) groups excluding carboxylic acids is 2. The van der Waals surface area contributed by atoms with Gasteiger partial charge in [-0.05, 0) is 19.9 Å². The number of ether oxygens (including phenoxy) is 1. The minimum atomic E-state index is -0.267. The molecule has 0 bridgehead atoms. The van der Waals surface area contributed by atoms with Gasteiger partial charge >= 0.3 is 5.97 Å². The highest BCUT2D eigenvalue weighted by Gasteiger charge is 2.35. The maximum atomic E-state index is 11.6. The Morgan fingerprint density at radius 2 is 2.12 bits per heavy atom. The van der Waals surface area contributed by atoms with Crippen LogP contribution in [0, 0.1) is 11.8 Å². The Bertz CT molecular complexity index is 248. The lowest BCUT2D eigenvalue weighted by atomic mass is 9.84. The van der Waals surface area contributed by atoms with E-state index < -0.39 is 0 Å². The summed E-state index contributed by atoms with van der Waals surface area (Å²) in [5, 5.41) is 3.43. The summed E-state index contributed by atoms with van der Waals surface area (Å²) in [5.74, 6) is -0.674. The second kappa shape index (κ2) is 8.20. The number of piperidine rings is 1. The number of carbonyl (C=O) groups is 2. The lowest BCUT2D eigenvalue weighted by Crippen LogP contribution is -2.45. The van der Waals surface area contributed by atoms with Crippen LogP contribution in [0.2, 0.25) is 0 Å². The molecule has 0 aromatic heterocycles. The zero-order valence-electron chi connectivity index (χ0n) is 9.20. The normalized spacial score (nSPS) is 24.4. The summed E-state index contributed by atoms with van der Waals surface area (Å²) in [6.07, 6.45) is 0.683. The lowest BCUT2D eigenvalue weighted by Gasteiger charge is -2.28. The average Bonchev–Trinajstić information content (AvgIpc) is 2.28. The minimum absolute atomic E-state index is 0. The summed E-state index contributed by atoms with van der Waals surface area (Å²) >= 11 is 3.14. The van der Waals surface area contributed by atoms with Crippen molar-refractivity contribution in [2.45, 2.75) is 13.3 Å². The molecule has 1 fully saturated rings. The Kier molecular flexibility index (Phi) is 8.23. The largest absolute Gasteiger partial charge is 0.466 e. The van der Waals surface area contributed by atoms with Crippen LogP contribution >= 0.6 is 32.9 Å². The Hall–Kier alpha value is 0.0600. The first kappa shape index (κ1) is 16.1. The Morgan fingerprint density at radius 1 is 1.44 bits per heavy atom. The monoisotopic (exact) mass is 357 g/mol. The zero-order valence-corrected chi connectivity index (χ0v) is 12.5. The van der Waals surface area contributed by atoms with Gasteiger partial charge in [-0.2, -0.15) is 0 Å². The predicted octanol–water partition coefficient (Wildman–Crippen LogP) is 1.32. The van der Waals surface area contributed by atoms with Gasteiger partial charge in [0.2, 0.25) is 0 Å². The number of halogens is 2. The summed E-state index contributed by atoms with van der Waals surface area (Å²) in [7, 11) is 0. The molecule has 16 heavy (non-hydrogen) atoms.